The van der Waals surface area contributed by atoms with Crippen LogP contribution in [0.2, 0.25) is 0 Å². The normalized spacial score (nSPS) is 14.6. The van der Waals surface area contributed by atoms with E-state index in [4.69, 9.17) is 20.2 Å². The van der Waals surface area contributed by atoms with Crippen LogP contribution in [-0.2, 0) is 4.74 Å². The van der Waals surface area contributed by atoms with Crippen molar-refractivity contribution >= 4 is 103 Å². The Balaban J connectivity index is 0.000000156. The first-order valence-electron chi connectivity index (χ1n) is 35.5. The molecule has 554 valence electrons. The van der Waals surface area contributed by atoms with E-state index in [0.717, 1.165) is 84.1 Å². The van der Waals surface area contributed by atoms with Crippen LogP contribution in [-0.4, -0.2) is 93.2 Å². The second-order valence-electron chi connectivity index (χ2n) is 28.8. The molecular formula is C90H96N10O8. The topological polar surface area (TPSA) is 241 Å². The van der Waals surface area contributed by atoms with Crippen LogP contribution in [0.5, 0.6) is 5.75 Å². The van der Waals surface area contributed by atoms with Gasteiger partial charge in [0, 0.05) is 69.4 Å². The maximum atomic E-state index is 10.6. The number of rotatable bonds is 13. The first kappa shape index (κ1) is 80.0. The van der Waals surface area contributed by atoms with Gasteiger partial charge in [-0.05, 0) is 258 Å². The van der Waals surface area contributed by atoms with Crippen LogP contribution < -0.4 is 15.8 Å². The van der Waals surface area contributed by atoms with E-state index in [0.29, 0.717) is 12.3 Å². The number of nitro groups is 2. The highest BCUT2D eigenvalue weighted by atomic mass is 16.6. The van der Waals surface area contributed by atoms with Gasteiger partial charge in [0.1, 0.15) is 11.5 Å². The molecule has 0 bridgehead atoms. The number of anilines is 2. The van der Waals surface area contributed by atoms with E-state index < -0.39 is 15.4 Å². The van der Waals surface area contributed by atoms with Crippen molar-refractivity contribution in [3.8, 4) is 5.75 Å². The summed E-state index contributed by atoms with van der Waals surface area (Å²) in [5, 5.41) is 51.9. The first-order valence-corrected chi connectivity index (χ1v) is 35.5. The molecule has 12 aromatic rings. The van der Waals surface area contributed by atoms with Gasteiger partial charge in [0.2, 0.25) is 0 Å². The number of nitrogens with two attached hydrogens (primary N) is 1. The minimum atomic E-state index is -0.445. The quantitative estimate of drug-likeness (QED) is 0.0363. The maximum absolute atomic E-state index is 10.6. The predicted molar refractivity (Wildman–Crippen MR) is 443 cm³/mol. The summed E-state index contributed by atoms with van der Waals surface area (Å²) in [5.41, 5.74) is 23.4. The molecule has 18 nitrogen and oxygen atoms in total. The van der Waals surface area contributed by atoms with Crippen molar-refractivity contribution in [3.63, 3.8) is 0 Å². The number of ether oxygens (including phenoxy) is 2. The molecule has 108 heavy (non-hydrogen) atoms. The van der Waals surface area contributed by atoms with Crippen LogP contribution in [0.4, 0.5) is 22.7 Å². The zero-order chi connectivity index (χ0) is 78.1. The summed E-state index contributed by atoms with van der Waals surface area (Å²) in [4.78, 5) is 38.3. The SMILES string of the molecule is COC1=CC(C)(C)N(O)C1(C)C.COc1ccc([N+](=O)[O-])cc1.Cc1ccc2nc(/C=C/c3ccc(N)cc3)ccc2c1.Cc1ccc2nc(/C=C/c3ccc(NCC4=CC(C)(C)N(O)C4(C)C)cc3)ccc2c1.Cc1ccc2nc(/C=C/c3ccc([N+](=O)[O-])cc3)ccc2c1.Cc1ccc2nc(C)ccc2c1. The van der Waals surface area contributed by atoms with Crippen molar-refractivity contribution in [1.29, 1.82) is 0 Å². The number of nitrogen functional groups attached to an aromatic ring is 1. The molecule has 8 aromatic carbocycles. The lowest BCUT2D eigenvalue weighted by molar-refractivity contribution is -0.385. The van der Waals surface area contributed by atoms with E-state index in [9.17, 15) is 30.6 Å². The van der Waals surface area contributed by atoms with Crippen molar-refractivity contribution in [1.82, 2.24) is 30.1 Å². The summed E-state index contributed by atoms with van der Waals surface area (Å²) in [6.45, 7) is 26.9. The molecule has 2 aliphatic rings. The Morgan fingerprint density at radius 1 is 0.426 bits per heavy atom. The number of aryl methyl sites for hydroxylation is 5. The van der Waals surface area contributed by atoms with E-state index in [2.05, 4.69) is 169 Å². The fourth-order valence-corrected chi connectivity index (χ4v) is 12.4. The van der Waals surface area contributed by atoms with E-state index in [1.165, 1.54) is 85.5 Å². The Labute approximate surface area is 632 Å². The number of pyridine rings is 4. The number of methoxy groups -OCH3 is 2. The average molecular weight is 1450 g/mol. The standard InChI is InChI=1S/C27H31N3O.C18H14N2O2.C18H16N2.C11H11N.C9H17NO2.C7H7NO3/c1-19-6-15-25-21(16-19)10-14-24(29-25)13-9-20-7-11-23(12-8-20)28-18-22-17-26(2,3)30(31)27(22,4)5;1-13-2-11-18-15(12-13)6-8-16(19-18)7-3-14-4-9-17(10-5-14)20(21)22;1-13-2-11-18-15(12-13)6-10-17(20-18)9-5-14-3-7-16(19)8-4-14;1-8-3-6-11-10(7-8)5-4-9(2)12-11;1-8(2)6-7(12-5)9(3,4)10(8)11;1-11-7-4-2-6(3-5-7)8(9)10/h6-17,28,31H,18H2,1-5H3;2-12H,1H3;2-12H,19H2,1H3;3-7H,1-2H3;6,11H,1-5H3;2-5H,1H3/b13-9+;7-3+;9-5+;;;. The van der Waals surface area contributed by atoms with Crippen LogP contribution >= 0.6 is 0 Å². The van der Waals surface area contributed by atoms with E-state index in [1.54, 1.807) is 31.4 Å². The fraction of sp³-hybridized carbons (Fsp3) is 0.222. The summed E-state index contributed by atoms with van der Waals surface area (Å²) < 4.78 is 10.0. The Kier molecular flexibility index (Phi) is 26.2. The highest BCUT2D eigenvalue weighted by molar-refractivity contribution is 5.84. The number of nitro benzene ring substituents is 2. The minimum Gasteiger partial charge on any atom is -0.499 e. The molecule has 5 N–H and O–H groups in total. The van der Waals surface area contributed by atoms with Gasteiger partial charge in [-0.1, -0.05) is 119 Å². The largest absolute Gasteiger partial charge is 0.499 e. The summed E-state index contributed by atoms with van der Waals surface area (Å²) >= 11 is 0. The number of nitrogens with zero attached hydrogens (tertiary/aromatic N) is 8. The van der Waals surface area contributed by atoms with Gasteiger partial charge in [-0.2, -0.15) is 10.1 Å². The number of non-ortho nitro benzene ring substituents is 2. The molecule has 2 aliphatic heterocycles. The summed E-state index contributed by atoms with van der Waals surface area (Å²) in [6, 6.07) is 70.1. The highest BCUT2D eigenvalue weighted by Gasteiger charge is 2.47. The molecule has 0 atom stereocenters. The van der Waals surface area contributed by atoms with Crippen molar-refractivity contribution < 1.29 is 29.7 Å². The Hall–Kier alpha value is -12.1. The molecule has 6 heterocycles. The van der Waals surface area contributed by atoms with E-state index in [1.807, 2.05) is 159 Å². The number of nitrogens with one attached hydrogen (secondary N) is 1. The van der Waals surface area contributed by atoms with Gasteiger partial charge >= 0.3 is 0 Å². The van der Waals surface area contributed by atoms with Gasteiger partial charge in [-0.3, -0.25) is 25.2 Å². The number of aromatic nitrogens is 4. The monoisotopic (exact) mass is 1440 g/mol. The third kappa shape index (κ3) is 21.6. The van der Waals surface area contributed by atoms with Gasteiger partial charge in [-0.15, -0.1) is 0 Å². The second-order valence-corrected chi connectivity index (χ2v) is 28.8. The second kappa shape index (κ2) is 35.4. The minimum absolute atomic E-state index is 0.0748. The average Bonchev–Trinajstić information content (AvgIpc) is 1.63. The van der Waals surface area contributed by atoms with Crippen molar-refractivity contribution in [2.24, 2.45) is 0 Å². The zero-order valence-corrected chi connectivity index (χ0v) is 64.1. The van der Waals surface area contributed by atoms with Crippen LogP contribution in [0.1, 0.15) is 117 Å². The van der Waals surface area contributed by atoms with Crippen molar-refractivity contribution in [3.05, 3.63) is 324 Å². The van der Waals surface area contributed by atoms with E-state index >= 15 is 0 Å². The van der Waals surface area contributed by atoms with Crippen molar-refractivity contribution in [2.45, 2.75) is 112 Å². The van der Waals surface area contributed by atoms with Gasteiger partial charge < -0.3 is 30.9 Å². The Morgan fingerprint density at radius 3 is 1.12 bits per heavy atom. The number of hydrogen-bond acceptors (Lipinski definition) is 16. The van der Waals surface area contributed by atoms with Gasteiger partial charge in [0.05, 0.1) is 85.4 Å². The lowest BCUT2D eigenvalue weighted by Crippen LogP contribution is -2.48. The number of hydrogen-bond donors (Lipinski definition) is 4. The molecule has 0 amide bonds. The van der Waals surface area contributed by atoms with Gasteiger partial charge in [0.15, 0.2) is 0 Å². The smallest absolute Gasteiger partial charge is 0.269 e. The van der Waals surface area contributed by atoms with Crippen molar-refractivity contribution in [2.75, 3.05) is 31.8 Å². The van der Waals surface area contributed by atoms with E-state index in [-0.39, 0.29) is 28.0 Å². The predicted octanol–water partition coefficient (Wildman–Crippen LogP) is 21.5. The summed E-state index contributed by atoms with van der Waals surface area (Å²) in [6.07, 6.45) is 16.1. The number of benzene rings is 8. The van der Waals surface area contributed by atoms with Crippen LogP contribution in [0.15, 0.2) is 242 Å². The van der Waals surface area contributed by atoms with Gasteiger partial charge in [-0.25, -0.2) is 15.0 Å². The molecule has 0 fully saturated rings. The molecule has 14 rings (SSSR count). The van der Waals surface area contributed by atoms with Crippen LogP contribution in [0, 0.1) is 54.8 Å². The highest BCUT2D eigenvalue weighted by Crippen LogP contribution is 2.40. The number of hydroxylamine groups is 4. The molecule has 0 saturated heterocycles. The molecule has 0 unspecified atom stereocenters. The number of fused-ring (bicyclic) bond motifs is 4. The molecule has 0 saturated carbocycles. The molecule has 0 radical (unpaired) electrons. The lowest BCUT2D eigenvalue weighted by Gasteiger charge is -2.36. The summed E-state index contributed by atoms with van der Waals surface area (Å²) in [7, 11) is 3.14. The lowest BCUT2D eigenvalue weighted by atomic mass is 9.96. The maximum Gasteiger partial charge on any atom is 0.269 e. The summed E-state index contributed by atoms with van der Waals surface area (Å²) in [5.74, 6) is 1.44. The third-order valence-electron chi connectivity index (χ3n) is 18.4. The molecule has 18 heteroatoms. The Morgan fingerprint density at radius 2 is 0.778 bits per heavy atom. The first-order chi connectivity index (χ1) is 51.3. The third-order valence-corrected chi connectivity index (χ3v) is 18.4. The van der Waals surface area contributed by atoms with Crippen LogP contribution in [0.25, 0.3) is 80.1 Å². The molecule has 0 spiro atoms. The molecular weight excluding hydrogens is 1350 g/mol. The van der Waals surface area contributed by atoms with Crippen LogP contribution in [0.3, 0.4) is 0 Å². The molecule has 0 aliphatic carbocycles. The molecule has 4 aromatic heterocycles. The fourth-order valence-electron chi connectivity index (χ4n) is 12.4. The Bertz CT molecular complexity index is 5260. The van der Waals surface area contributed by atoms with Gasteiger partial charge in [0.25, 0.3) is 11.4 Å². The zero-order valence-electron chi connectivity index (χ0n) is 64.1.